The summed E-state index contributed by atoms with van der Waals surface area (Å²) in [5.74, 6) is 1.51. The minimum Gasteiger partial charge on any atom is -0.436 e. The molecular formula is C21H23FN2O. The first-order chi connectivity index (χ1) is 12.1. The van der Waals surface area contributed by atoms with Gasteiger partial charge < -0.3 is 4.42 Å². The van der Waals surface area contributed by atoms with E-state index in [1.807, 2.05) is 6.07 Å². The third-order valence-corrected chi connectivity index (χ3v) is 4.91. The van der Waals surface area contributed by atoms with E-state index in [4.69, 9.17) is 4.42 Å². The predicted octanol–water partition coefficient (Wildman–Crippen LogP) is 5.11. The van der Waals surface area contributed by atoms with E-state index < -0.39 is 0 Å². The van der Waals surface area contributed by atoms with Gasteiger partial charge >= 0.3 is 0 Å². The molecule has 130 valence electrons. The Bertz CT molecular complexity index is 878. The van der Waals surface area contributed by atoms with Crippen LogP contribution in [0.25, 0.3) is 22.6 Å². The van der Waals surface area contributed by atoms with Crippen molar-refractivity contribution in [3.05, 3.63) is 53.8 Å². The number of halogens is 1. The predicted molar refractivity (Wildman–Crippen MR) is 97.6 cm³/mol. The molecule has 3 aromatic rings. The molecule has 1 aliphatic heterocycles. The van der Waals surface area contributed by atoms with Crippen molar-refractivity contribution in [3.8, 4) is 11.5 Å². The smallest absolute Gasteiger partial charge is 0.230 e. The number of hydrogen-bond acceptors (Lipinski definition) is 3. The van der Waals surface area contributed by atoms with E-state index in [0.717, 1.165) is 37.0 Å². The molecule has 2 heterocycles. The highest BCUT2D eigenvalue weighted by molar-refractivity contribution is 5.77. The summed E-state index contributed by atoms with van der Waals surface area (Å²) >= 11 is 0. The summed E-state index contributed by atoms with van der Waals surface area (Å²) in [6, 6.07) is 12.7. The number of benzene rings is 2. The van der Waals surface area contributed by atoms with E-state index in [9.17, 15) is 4.39 Å². The lowest BCUT2D eigenvalue weighted by Crippen LogP contribution is -2.38. The summed E-state index contributed by atoms with van der Waals surface area (Å²) in [4.78, 5) is 7.01. The van der Waals surface area contributed by atoms with Gasteiger partial charge in [0.1, 0.15) is 11.3 Å². The average Bonchev–Trinajstić information content (AvgIpc) is 2.97. The molecule has 1 fully saturated rings. The molecule has 0 radical (unpaired) electrons. The number of hydrogen-bond donors (Lipinski definition) is 0. The van der Waals surface area contributed by atoms with E-state index >= 15 is 0 Å². The van der Waals surface area contributed by atoms with Gasteiger partial charge in [0.25, 0.3) is 0 Å². The van der Waals surface area contributed by atoms with Gasteiger partial charge in [0.2, 0.25) is 5.89 Å². The molecule has 4 heteroatoms. The lowest BCUT2D eigenvalue weighted by molar-refractivity contribution is 0.134. The first-order valence-corrected chi connectivity index (χ1v) is 8.95. The van der Waals surface area contributed by atoms with Crippen molar-refractivity contribution in [2.45, 2.75) is 26.8 Å². The Labute approximate surface area is 147 Å². The normalized spacial score (nSPS) is 21.7. The van der Waals surface area contributed by atoms with Crippen molar-refractivity contribution < 1.29 is 8.81 Å². The topological polar surface area (TPSA) is 29.3 Å². The second kappa shape index (κ2) is 6.60. The van der Waals surface area contributed by atoms with E-state index in [2.05, 4.69) is 35.9 Å². The standard InChI is InChI=1S/C21H23FN2O/c1-14-9-15(2)12-24(11-14)13-16-7-8-20-19(10-16)23-21(25-20)17-5-3-4-6-18(17)22/h3-8,10,14-15H,9,11-13H2,1-2H3/t14-,15-/m1/s1. The fraction of sp³-hybridized carbons (Fsp3) is 0.381. The molecule has 1 saturated heterocycles. The van der Waals surface area contributed by atoms with Gasteiger partial charge in [-0.3, -0.25) is 4.90 Å². The van der Waals surface area contributed by atoms with E-state index in [1.54, 1.807) is 18.2 Å². The highest BCUT2D eigenvalue weighted by Crippen LogP contribution is 2.28. The quantitative estimate of drug-likeness (QED) is 0.664. The second-order valence-electron chi connectivity index (χ2n) is 7.44. The molecule has 1 aromatic heterocycles. The fourth-order valence-corrected chi connectivity index (χ4v) is 4.00. The zero-order valence-electron chi connectivity index (χ0n) is 14.7. The maximum absolute atomic E-state index is 14.0. The van der Waals surface area contributed by atoms with Gasteiger partial charge in [0.15, 0.2) is 5.58 Å². The summed E-state index contributed by atoms with van der Waals surface area (Å²) in [5, 5.41) is 0. The lowest BCUT2D eigenvalue weighted by Gasteiger charge is -2.34. The van der Waals surface area contributed by atoms with Crippen LogP contribution in [0.2, 0.25) is 0 Å². The number of aromatic nitrogens is 1. The number of fused-ring (bicyclic) bond motifs is 1. The van der Waals surface area contributed by atoms with Crippen LogP contribution in [0.1, 0.15) is 25.8 Å². The van der Waals surface area contributed by atoms with Crippen LogP contribution in [0.4, 0.5) is 4.39 Å². The van der Waals surface area contributed by atoms with Gasteiger partial charge in [-0.15, -0.1) is 0 Å². The number of nitrogens with zero attached hydrogens (tertiary/aromatic N) is 2. The molecular weight excluding hydrogens is 315 g/mol. The summed E-state index contributed by atoms with van der Waals surface area (Å²) in [5.41, 5.74) is 3.11. The van der Waals surface area contributed by atoms with Crippen molar-refractivity contribution >= 4 is 11.1 Å². The molecule has 0 bridgehead atoms. The SMILES string of the molecule is C[C@@H]1C[C@@H](C)CN(Cc2ccc3oc(-c4ccccc4F)nc3c2)C1. The molecule has 25 heavy (non-hydrogen) atoms. The largest absolute Gasteiger partial charge is 0.436 e. The summed E-state index contributed by atoms with van der Waals surface area (Å²) < 4.78 is 19.7. The van der Waals surface area contributed by atoms with Crippen LogP contribution >= 0.6 is 0 Å². The summed E-state index contributed by atoms with van der Waals surface area (Å²) in [6.45, 7) is 7.85. The van der Waals surface area contributed by atoms with Crippen molar-refractivity contribution in [1.82, 2.24) is 9.88 Å². The Balaban J connectivity index is 1.59. The Hall–Kier alpha value is -2.20. The van der Waals surface area contributed by atoms with Crippen LogP contribution in [-0.4, -0.2) is 23.0 Å². The molecule has 0 spiro atoms. The number of likely N-dealkylation sites (tertiary alicyclic amines) is 1. The van der Waals surface area contributed by atoms with Crippen LogP contribution in [0.3, 0.4) is 0 Å². The Kier molecular flexibility index (Phi) is 4.30. The minimum atomic E-state index is -0.314. The van der Waals surface area contributed by atoms with E-state index in [-0.39, 0.29) is 5.82 Å². The van der Waals surface area contributed by atoms with Crippen molar-refractivity contribution in [3.63, 3.8) is 0 Å². The number of piperidine rings is 1. The molecule has 3 nitrogen and oxygen atoms in total. The number of rotatable bonds is 3. The van der Waals surface area contributed by atoms with Gasteiger partial charge in [-0.2, -0.15) is 0 Å². The Morgan fingerprint density at radius 2 is 1.88 bits per heavy atom. The minimum absolute atomic E-state index is 0.314. The monoisotopic (exact) mass is 338 g/mol. The first-order valence-electron chi connectivity index (χ1n) is 8.95. The molecule has 0 aliphatic carbocycles. The highest BCUT2D eigenvalue weighted by Gasteiger charge is 2.22. The summed E-state index contributed by atoms with van der Waals surface area (Å²) in [7, 11) is 0. The van der Waals surface area contributed by atoms with E-state index in [1.165, 1.54) is 18.1 Å². The van der Waals surface area contributed by atoms with E-state index in [0.29, 0.717) is 17.0 Å². The van der Waals surface area contributed by atoms with Crippen LogP contribution in [0.15, 0.2) is 46.9 Å². The zero-order valence-corrected chi connectivity index (χ0v) is 14.7. The molecule has 2 aromatic carbocycles. The molecule has 0 N–H and O–H groups in total. The Morgan fingerprint density at radius 1 is 1.12 bits per heavy atom. The lowest BCUT2D eigenvalue weighted by atomic mass is 9.91. The molecule has 0 saturated carbocycles. The van der Waals surface area contributed by atoms with Crippen LogP contribution in [0.5, 0.6) is 0 Å². The van der Waals surface area contributed by atoms with Crippen LogP contribution in [0, 0.1) is 17.7 Å². The van der Waals surface area contributed by atoms with Crippen molar-refractivity contribution in [2.75, 3.05) is 13.1 Å². The van der Waals surface area contributed by atoms with Gasteiger partial charge in [0, 0.05) is 19.6 Å². The third-order valence-electron chi connectivity index (χ3n) is 4.91. The molecule has 4 rings (SSSR count). The van der Waals surface area contributed by atoms with Crippen LogP contribution in [-0.2, 0) is 6.54 Å². The van der Waals surface area contributed by atoms with Crippen LogP contribution < -0.4 is 0 Å². The van der Waals surface area contributed by atoms with Crippen molar-refractivity contribution in [1.29, 1.82) is 0 Å². The molecule has 2 atom stereocenters. The summed E-state index contributed by atoms with van der Waals surface area (Å²) in [6.07, 6.45) is 1.31. The molecule has 0 amide bonds. The van der Waals surface area contributed by atoms with Gasteiger partial charge in [-0.25, -0.2) is 9.37 Å². The van der Waals surface area contributed by atoms with Gasteiger partial charge in [-0.1, -0.05) is 32.0 Å². The zero-order chi connectivity index (χ0) is 17.4. The second-order valence-corrected chi connectivity index (χ2v) is 7.44. The average molecular weight is 338 g/mol. The van der Waals surface area contributed by atoms with Gasteiger partial charge in [0.05, 0.1) is 5.56 Å². The highest BCUT2D eigenvalue weighted by atomic mass is 19.1. The number of oxazole rings is 1. The third kappa shape index (κ3) is 3.45. The first kappa shape index (κ1) is 16.3. The fourth-order valence-electron chi connectivity index (χ4n) is 4.00. The van der Waals surface area contributed by atoms with Gasteiger partial charge in [-0.05, 0) is 48.1 Å². The van der Waals surface area contributed by atoms with Crippen molar-refractivity contribution in [2.24, 2.45) is 11.8 Å². The molecule has 1 aliphatic rings. The maximum Gasteiger partial charge on any atom is 0.230 e. The molecule has 0 unspecified atom stereocenters. The maximum atomic E-state index is 14.0. The Morgan fingerprint density at radius 3 is 2.64 bits per heavy atom.